The second-order valence-corrected chi connectivity index (χ2v) is 8.22. The lowest BCUT2D eigenvalue weighted by atomic mass is 10.0. The highest BCUT2D eigenvalue weighted by atomic mass is 32.1. The van der Waals surface area contributed by atoms with Crippen LogP contribution in [0.4, 0.5) is 4.39 Å². The first kappa shape index (κ1) is 17.3. The Bertz CT molecular complexity index is 1210. The van der Waals surface area contributed by atoms with Crippen LogP contribution >= 0.6 is 11.3 Å². The molecule has 1 unspecified atom stereocenters. The lowest BCUT2D eigenvalue weighted by Crippen LogP contribution is -2.13. The fraction of sp³-hybridized carbons (Fsp3) is 0.238. The van der Waals surface area contributed by atoms with Gasteiger partial charge in [-0.15, -0.1) is 0 Å². The van der Waals surface area contributed by atoms with Gasteiger partial charge in [-0.1, -0.05) is 23.5 Å². The summed E-state index contributed by atoms with van der Waals surface area (Å²) in [6.07, 6.45) is 4.25. The number of aromatic nitrogens is 2. The van der Waals surface area contributed by atoms with E-state index < -0.39 is 0 Å². The van der Waals surface area contributed by atoms with Crippen molar-refractivity contribution >= 4 is 32.4 Å². The van der Waals surface area contributed by atoms with Crippen LogP contribution in [0.25, 0.3) is 26.4 Å². The molecule has 5 nitrogen and oxygen atoms in total. The monoisotopic (exact) mass is 394 g/mol. The van der Waals surface area contributed by atoms with Crippen LogP contribution in [0, 0.1) is 5.82 Å². The van der Waals surface area contributed by atoms with Gasteiger partial charge in [-0.3, -0.25) is 9.20 Å². The Morgan fingerprint density at radius 2 is 2.21 bits per heavy atom. The first-order valence-corrected chi connectivity index (χ1v) is 10.1. The summed E-state index contributed by atoms with van der Waals surface area (Å²) in [7, 11) is 0. The standard InChI is InChI=1S/C21H19FN4OS/c22-15-10-13(16-2-1-7-24-16)4-5-14(15)17-11-26-18-6-3-12(9-20(23)27)8-19(18)28-21(26)25-17/h3-6,8,10-11,16,24H,1-2,7,9H2,(H2,23,27). The molecule has 28 heavy (non-hydrogen) atoms. The van der Waals surface area contributed by atoms with Crippen LogP contribution in [0.2, 0.25) is 0 Å². The average Bonchev–Trinajstić information content (AvgIpc) is 3.37. The fourth-order valence-electron chi connectivity index (χ4n) is 3.91. The van der Waals surface area contributed by atoms with E-state index in [1.54, 1.807) is 6.07 Å². The van der Waals surface area contributed by atoms with Gasteiger partial charge < -0.3 is 11.1 Å². The fourth-order valence-corrected chi connectivity index (χ4v) is 4.98. The van der Waals surface area contributed by atoms with Crippen molar-refractivity contribution in [2.75, 3.05) is 6.54 Å². The SMILES string of the molecule is NC(=O)Cc1ccc2c(c1)sc1nc(-c3ccc(C4CCCN4)cc3F)cn12. The summed E-state index contributed by atoms with van der Waals surface area (Å²) >= 11 is 1.52. The van der Waals surface area contributed by atoms with E-state index >= 15 is 0 Å². The molecule has 0 radical (unpaired) electrons. The highest BCUT2D eigenvalue weighted by Gasteiger charge is 2.19. The molecule has 5 rings (SSSR count). The number of primary amides is 1. The molecule has 4 aromatic rings. The van der Waals surface area contributed by atoms with Crippen LogP contribution in [0.3, 0.4) is 0 Å². The lowest BCUT2D eigenvalue weighted by Gasteiger charge is -2.11. The van der Waals surface area contributed by atoms with Crippen molar-refractivity contribution in [2.45, 2.75) is 25.3 Å². The van der Waals surface area contributed by atoms with Crippen molar-refractivity contribution in [3.8, 4) is 11.3 Å². The maximum Gasteiger partial charge on any atom is 0.221 e. The maximum absolute atomic E-state index is 14.8. The Kier molecular flexibility index (Phi) is 4.14. The molecule has 7 heteroatoms. The van der Waals surface area contributed by atoms with Crippen LogP contribution < -0.4 is 11.1 Å². The number of carbonyl (C=O) groups excluding carboxylic acids is 1. The topological polar surface area (TPSA) is 72.4 Å². The van der Waals surface area contributed by atoms with E-state index in [4.69, 9.17) is 5.73 Å². The zero-order valence-electron chi connectivity index (χ0n) is 15.1. The molecular weight excluding hydrogens is 375 g/mol. The van der Waals surface area contributed by atoms with E-state index in [0.29, 0.717) is 11.3 Å². The van der Waals surface area contributed by atoms with Gasteiger partial charge in [0.25, 0.3) is 0 Å². The first-order chi connectivity index (χ1) is 13.6. The molecule has 3 N–H and O–H groups in total. The van der Waals surface area contributed by atoms with E-state index in [1.165, 1.54) is 11.3 Å². The van der Waals surface area contributed by atoms with Crippen LogP contribution in [0.5, 0.6) is 0 Å². The van der Waals surface area contributed by atoms with Crippen molar-refractivity contribution in [3.05, 3.63) is 59.5 Å². The quantitative estimate of drug-likeness (QED) is 0.553. The van der Waals surface area contributed by atoms with E-state index in [0.717, 1.165) is 45.7 Å². The molecule has 2 aromatic carbocycles. The predicted octanol–water partition coefficient (Wildman–Crippen LogP) is 3.81. The summed E-state index contributed by atoms with van der Waals surface area (Å²) in [6.45, 7) is 0.986. The Hall–Kier alpha value is -2.77. The maximum atomic E-state index is 14.8. The zero-order valence-corrected chi connectivity index (χ0v) is 15.9. The predicted molar refractivity (Wildman–Crippen MR) is 109 cm³/mol. The molecular formula is C21H19FN4OS. The summed E-state index contributed by atoms with van der Waals surface area (Å²) < 4.78 is 17.8. The van der Waals surface area contributed by atoms with Gasteiger partial charge in [-0.25, -0.2) is 9.37 Å². The van der Waals surface area contributed by atoms with E-state index in [2.05, 4.69) is 10.3 Å². The van der Waals surface area contributed by atoms with Gasteiger partial charge in [-0.05, 0) is 54.8 Å². The second kappa shape index (κ2) is 6.68. The smallest absolute Gasteiger partial charge is 0.221 e. The number of rotatable bonds is 4. The van der Waals surface area contributed by atoms with Crippen molar-refractivity contribution < 1.29 is 9.18 Å². The molecule has 0 bridgehead atoms. The van der Waals surface area contributed by atoms with E-state index in [9.17, 15) is 9.18 Å². The van der Waals surface area contributed by atoms with Crippen molar-refractivity contribution in [3.63, 3.8) is 0 Å². The van der Waals surface area contributed by atoms with E-state index in [-0.39, 0.29) is 24.2 Å². The summed E-state index contributed by atoms with van der Waals surface area (Å²) in [6, 6.07) is 11.5. The van der Waals surface area contributed by atoms with Crippen molar-refractivity contribution in [1.82, 2.24) is 14.7 Å². The molecule has 0 spiro atoms. The van der Waals surface area contributed by atoms with E-state index in [1.807, 2.05) is 40.9 Å². The Balaban J connectivity index is 1.52. The number of carbonyl (C=O) groups is 1. The Labute approximate surface area is 165 Å². The van der Waals surface area contributed by atoms with Gasteiger partial charge in [0, 0.05) is 17.8 Å². The van der Waals surface area contributed by atoms with Crippen molar-refractivity contribution in [2.24, 2.45) is 5.73 Å². The highest BCUT2D eigenvalue weighted by Crippen LogP contribution is 2.32. The molecule has 3 heterocycles. The average molecular weight is 394 g/mol. The molecule has 1 amide bonds. The van der Waals surface area contributed by atoms with Gasteiger partial charge in [0.1, 0.15) is 5.82 Å². The van der Waals surface area contributed by atoms with Gasteiger partial charge in [-0.2, -0.15) is 0 Å². The molecule has 1 aliphatic rings. The Morgan fingerprint density at radius 1 is 1.32 bits per heavy atom. The summed E-state index contributed by atoms with van der Waals surface area (Å²) in [4.78, 5) is 16.6. The number of nitrogens with zero attached hydrogens (tertiary/aromatic N) is 2. The molecule has 1 atom stereocenters. The van der Waals surface area contributed by atoms with Crippen LogP contribution in [0.1, 0.15) is 30.0 Å². The third-order valence-corrected chi connectivity index (χ3v) is 6.29. The highest BCUT2D eigenvalue weighted by molar-refractivity contribution is 7.23. The van der Waals surface area contributed by atoms with Crippen LogP contribution in [0.15, 0.2) is 42.6 Å². The Morgan fingerprint density at radius 3 is 2.96 bits per heavy atom. The third-order valence-electron chi connectivity index (χ3n) is 5.27. The molecule has 1 saturated heterocycles. The van der Waals surface area contributed by atoms with Gasteiger partial charge >= 0.3 is 0 Å². The van der Waals surface area contributed by atoms with Crippen molar-refractivity contribution in [1.29, 1.82) is 0 Å². The summed E-state index contributed by atoms with van der Waals surface area (Å²) in [5.41, 5.74) is 9.27. The van der Waals surface area contributed by atoms with Gasteiger partial charge in [0.05, 0.1) is 22.3 Å². The lowest BCUT2D eigenvalue weighted by molar-refractivity contribution is -0.117. The molecule has 1 fully saturated rings. The molecule has 2 aromatic heterocycles. The number of fused-ring (bicyclic) bond motifs is 3. The number of amides is 1. The third kappa shape index (κ3) is 2.96. The second-order valence-electron chi connectivity index (χ2n) is 7.21. The minimum absolute atomic E-state index is 0.217. The summed E-state index contributed by atoms with van der Waals surface area (Å²) in [5.74, 6) is -0.598. The largest absolute Gasteiger partial charge is 0.369 e. The molecule has 142 valence electrons. The van der Waals surface area contributed by atoms with Crippen LogP contribution in [-0.2, 0) is 11.2 Å². The molecule has 1 aliphatic heterocycles. The van der Waals surface area contributed by atoms with Gasteiger partial charge in [0.15, 0.2) is 4.96 Å². The number of halogens is 1. The van der Waals surface area contributed by atoms with Crippen LogP contribution in [-0.4, -0.2) is 21.8 Å². The normalized spacial score (nSPS) is 17.0. The number of hydrogen-bond donors (Lipinski definition) is 2. The summed E-state index contributed by atoms with van der Waals surface area (Å²) in [5, 5.41) is 3.40. The minimum Gasteiger partial charge on any atom is -0.369 e. The first-order valence-electron chi connectivity index (χ1n) is 9.30. The molecule has 0 aliphatic carbocycles. The zero-order chi connectivity index (χ0) is 19.3. The minimum atomic E-state index is -0.352. The number of thiazole rings is 1. The number of hydrogen-bond acceptors (Lipinski definition) is 4. The van der Waals surface area contributed by atoms with Gasteiger partial charge in [0.2, 0.25) is 5.91 Å². The number of benzene rings is 2. The number of nitrogens with one attached hydrogen (secondary N) is 1. The molecule has 0 saturated carbocycles. The number of nitrogens with two attached hydrogens (primary N) is 1. The number of imidazole rings is 1.